The zero-order valence-corrected chi connectivity index (χ0v) is 17.5. The van der Waals surface area contributed by atoms with E-state index in [0.717, 1.165) is 31.2 Å². The van der Waals surface area contributed by atoms with E-state index in [1.807, 2.05) is 24.3 Å². The Morgan fingerprint density at radius 3 is 2.60 bits per heavy atom. The van der Waals surface area contributed by atoms with E-state index < -0.39 is 0 Å². The Hall–Kier alpha value is -2.67. The molecule has 1 heterocycles. The van der Waals surface area contributed by atoms with Crippen molar-refractivity contribution in [2.24, 2.45) is 0 Å². The molecule has 3 aromatic rings. The number of aromatic nitrogens is 2. The van der Waals surface area contributed by atoms with E-state index in [2.05, 4.69) is 5.32 Å². The molecular formula is C23H24FN3O2S. The summed E-state index contributed by atoms with van der Waals surface area (Å²) in [4.78, 5) is 30.3. The van der Waals surface area contributed by atoms with Crippen LogP contribution in [-0.2, 0) is 11.3 Å². The normalized spacial score (nSPS) is 14.7. The first-order valence-corrected chi connectivity index (χ1v) is 11.3. The quantitative estimate of drug-likeness (QED) is 0.468. The minimum absolute atomic E-state index is 0.0262. The summed E-state index contributed by atoms with van der Waals surface area (Å²) < 4.78 is 14.8. The Balaban J connectivity index is 1.51. The minimum Gasteiger partial charge on any atom is -0.351 e. The van der Waals surface area contributed by atoms with Crippen LogP contribution in [0, 0.1) is 5.82 Å². The molecule has 30 heavy (non-hydrogen) atoms. The number of halogens is 1. The molecule has 7 heteroatoms. The van der Waals surface area contributed by atoms with Gasteiger partial charge in [-0.05, 0) is 42.7 Å². The lowest BCUT2D eigenvalue weighted by atomic mass is 9.95. The first-order valence-electron chi connectivity index (χ1n) is 10.3. The van der Waals surface area contributed by atoms with Crippen molar-refractivity contribution in [1.29, 1.82) is 0 Å². The fourth-order valence-electron chi connectivity index (χ4n) is 3.87. The van der Waals surface area contributed by atoms with Crippen molar-refractivity contribution < 1.29 is 9.18 Å². The zero-order valence-electron chi connectivity index (χ0n) is 16.6. The van der Waals surface area contributed by atoms with E-state index in [1.165, 1.54) is 30.3 Å². The Labute approximate surface area is 178 Å². The third kappa shape index (κ3) is 4.73. The van der Waals surface area contributed by atoms with Gasteiger partial charge < -0.3 is 5.32 Å². The summed E-state index contributed by atoms with van der Waals surface area (Å²) in [6, 6.07) is 13.5. The van der Waals surface area contributed by atoms with Crippen molar-refractivity contribution in [3.63, 3.8) is 0 Å². The van der Waals surface area contributed by atoms with Crippen LogP contribution in [0.3, 0.4) is 0 Å². The third-order valence-corrected chi connectivity index (χ3v) is 6.40. The Morgan fingerprint density at radius 1 is 1.10 bits per heavy atom. The van der Waals surface area contributed by atoms with Gasteiger partial charge in [0.05, 0.1) is 16.7 Å². The first-order chi connectivity index (χ1) is 14.6. The Morgan fingerprint density at radius 2 is 1.83 bits per heavy atom. The molecule has 1 saturated carbocycles. The molecule has 1 aliphatic carbocycles. The van der Waals surface area contributed by atoms with Crippen molar-refractivity contribution in [2.75, 3.05) is 5.75 Å². The fourth-order valence-corrected chi connectivity index (χ4v) is 4.77. The topological polar surface area (TPSA) is 64.0 Å². The molecular weight excluding hydrogens is 401 g/mol. The number of para-hydroxylation sites is 1. The van der Waals surface area contributed by atoms with Crippen LogP contribution in [0.5, 0.6) is 0 Å². The second kappa shape index (κ2) is 9.43. The summed E-state index contributed by atoms with van der Waals surface area (Å²) in [7, 11) is 0. The molecule has 0 radical (unpaired) electrons. The molecule has 1 fully saturated rings. The molecule has 156 valence electrons. The summed E-state index contributed by atoms with van der Waals surface area (Å²) in [5.41, 5.74) is 1.46. The van der Waals surface area contributed by atoms with Crippen molar-refractivity contribution >= 4 is 28.6 Å². The number of thioether (sulfide) groups is 1. The maximum atomic E-state index is 13.2. The van der Waals surface area contributed by atoms with E-state index in [0.29, 0.717) is 22.6 Å². The lowest BCUT2D eigenvalue weighted by Gasteiger charge is -2.26. The van der Waals surface area contributed by atoms with Crippen LogP contribution < -0.4 is 10.9 Å². The Kier molecular flexibility index (Phi) is 6.47. The van der Waals surface area contributed by atoms with Crippen LogP contribution in [0.4, 0.5) is 4.39 Å². The highest BCUT2D eigenvalue weighted by molar-refractivity contribution is 7.99. The van der Waals surface area contributed by atoms with E-state index in [1.54, 1.807) is 16.7 Å². The van der Waals surface area contributed by atoms with Gasteiger partial charge in [-0.2, -0.15) is 0 Å². The highest BCUT2D eigenvalue weighted by Crippen LogP contribution is 2.31. The van der Waals surface area contributed by atoms with E-state index in [-0.39, 0.29) is 29.1 Å². The highest BCUT2D eigenvalue weighted by atomic mass is 32.2. The number of amides is 1. The lowest BCUT2D eigenvalue weighted by molar-refractivity contribution is -0.118. The number of carbonyl (C=O) groups is 1. The molecule has 1 amide bonds. The first kappa shape index (κ1) is 20.6. The van der Waals surface area contributed by atoms with E-state index >= 15 is 0 Å². The third-order valence-electron chi connectivity index (χ3n) is 5.45. The van der Waals surface area contributed by atoms with Gasteiger partial charge in [-0.15, -0.1) is 0 Å². The van der Waals surface area contributed by atoms with Crippen LogP contribution in [-0.4, -0.2) is 21.2 Å². The number of nitrogens with one attached hydrogen (secondary N) is 1. The van der Waals surface area contributed by atoms with Gasteiger partial charge in [-0.3, -0.25) is 14.2 Å². The number of nitrogens with zero attached hydrogens (tertiary/aromatic N) is 2. The average molecular weight is 426 g/mol. The predicted molar refractivity (Wildman–Crippen MR) is 117 cm³/mol. The summed E-state index contributed by atoms with van der Waals surface area (Å²) in [6.07, 6.45) is 5.33. The van der Waals surface area contributed by atoms with Crippen LogP contribution >= 0.6 is 11.8 Å². The summed E-state index contributed by atoms with van der Waals surface area (Å²) >= 11 is 1.30. The van der Waals surface area contributed by atoms with Crippen molar-refractivity contribution in [3.8, 4) is 0 Å². The summed E-state index contributed by atoms with van der Waals surface area (Å²) in [5.74, 6) is -0.288. The average Bonchev–Trinajstić information content (AvgIpc) is 2.78. The van der Waals surface area contributed by atoms with Gasteiger partial charge in [0.25, 0.3) is 5.56 Å². The van der Waals surface area contributed by atoms with Gasteiger partial charge in [0, 0.05) is 12.6 Å². The Bertz CT molecular complexity index is 1090. The van der Waals surface area contributed by atoms with Gasteiger partial charge in [-0.1, -0.05) is 55.3 Å². The number of hydrogen-bond acceptors (Lipinski definition) is 4. The van der Waals surface area contributed by atoms with Gasteiger partial charge >= 0.3 is 0 Å². The van der Waals surface area contributed by atoms with Crippen LogP contribution in [0.25, 0.3) is 10.9 Å². The van der Waals surface area contributed by atoms with E-state index in [9.17, 15) is 14.0 Å². The van der Waals surface area contributed by atoms with E-state index in [4.69, 9.17) is 4.98 Å². The molecule has 4 rings (SSSR count). The second-order valence-corrected chi connectivity index (χ2v) is 8.51. The number of rotatable bonds is 6. The molecule has 1 N–H and O–H groups in total. The van der Waals surface area contributed by atoms with Crippen LogP contribution in [0.2, 0.25) is 0 Å². The van der Waals surface area contributed by atoms with Crippen LogP contribution in [0.15, 0.2) is 58.5 Å². The van der Waals surface area contributed by atoms with Gasteiger partial charge in [0.1, 0.15) is 5.82 Å². The van der Waals surface area contributed by atoms with Crippen molar-refractivity contribution in [3.05, 3.63) is 70.3 Å². The number of benzene rings is 2. The predicted octanol–water partition coefficient (Wildman–Crippen LogP) is 4.45. The molecule has 1 aliphatic rings. The van der Waals surface area contributed by atoms with Gasteiger partial charge in [-0.25, -0.2) is 9.37 Å². The van der Waals surface area contributed by atoms with Gasteiger partial charge in [0.2, 0.25) is 5.91 Å². The number of carbonyl (C=O) groups excluding carboxylic acids is 1. The maximum Gasteiger partial charge on any atom is 0.262 e. The SMILES string of the molecule is O=C(CSc1nc2ccccc2c(=O)n1C1CCCCC1)NCc1ccc(F)cc1. The van der Waals surface area contributed by atoms with Crippen molar-refractivity contribution in [1.82, 2.24) is 14.9 Å². The van der Waals surface area contributed by atoms with Crippen LogP contribution in [0.1, 0.15) is 43.7 Å². The molecule has 0 bridgehead atoms. The lowest BCUT2D eigenvalue weighted by Crippen LogP contribution is -2.30. The molecule has 5 nitrogen and oxygen atoms in total. The minimum atomic E-state index is -0.302. The molecule has 2 aromatic carbocycles. The maximum absolute atomic E-state index is 13.2. The number of fused-ring (bicyclic) bond motifs is 1. The highest BCUT2D eigenvalue weighted by Gasteiger charge is 2.22. The summed E-state index contributed by atoms with van der Waals surface area (Å²) in [5, 5.41) is 4.06. The summed E-state index contributed by atoms with van der Waals surface area (Å²) in [6.45, 7) is 0.334. The molecule has 0 atom stereocenters. The monoisotopic (exact) mass is 425 g/mol. The molecule has 0 saturated heterocycles. The number of hydrogen-bond donors (Lipinski definition) is 1. The molecule has 1 aromatic heterocycles. The fraction of sp³-hybridized carbons (Fsp3) is 0.348. The molecule has 0 unspecified atom stereocenters. The largest absolute Gasteiger partial charge is 0.351 e. The second-order valence-electron chi connectivity index (χ2n) is 7.57. The standard InChI is InChI=1S/C23H24FN3O2S/c24-17-12-10-16(11-13-17)14-25-21(28)15-30-23-26-20-9-5-4-8-19(20)22(29)27(23)18-6-2-1-3-7-18/h4-5,8-13,18H,1-3,6-7,14-15H2,(H,25,28). The molecule has 0 aliphatic heterocycles. The zero-order chi connectivity index (χ0) is 20.9. The van der Waals surface area contributed by atoms with Gasteiger partial charge in [0.15, 0.2) is 5.16 Å². The molecule has 0 spiro atoms. The van der Waals surface area contributed by atoms with Crippen molar-refractivity contribution in [2.45, 2.75) is 49.8 Å². The smallest absolute Gasteiger partial charge is 0.262 e.